The Hall–Kier alpha value is -4.73. The molecule has 1 aliphatic rings. The molecule has 0 atom stereocenters. The third-order valence-corrected chi connectivity index (χ3v) is 6.26. The average Bonchev–Trinajstić information content (AvgIpc) is 3.38. The molecule has 0 unspecified atom stereocenters. The monoisotopic (exact) mass is 516 g/mol. The molecule has 2 heterocycles. The molecule has 0 spiro atoms. The Balaban J connectivity index is 1.65. The first-order valence-electron chi connectivity index (χ1n) is 11.9. The molecule has 4 rings (SSSR count). The van der Waals surface area contributed by atoms with Crippen molar-refractivity contribution in [2.75, 3.05) is 14.2 Å². The minimum absolute atomic E-state index is 0.00148. The summed E-state index contributed by atoms with van der Waals surface area (Å²) < 4.78 is 17.8. The molecule has 1 aliphatic heterocycles. The highest BCUT2D eigenvalue weighted by atomic mass is 16.5. The number of ketones is 1. The molecule has 0 radical (unpaired) electrons. The van der Waals surface area contributed by atoms with Crippen LogP contribution in [-0.4, -0.2) is 46.9 Å². The number of nitrogens with one attached hydrogen (secondary N) is 1. The highest BCUT2D eigenvalue weighted by Gasteiger charge is 2.39. The number of methoxy groups -OCH3 is 2. The van der Waals surface area contributed by atoms with Gasteiger partial charge in [-0.25, -0.2) is 14.3 Å². The van der Waals surface area contributed by atoms with Gasteiger partial charge in [-0.2, -0.15) is 0 Å². The van der Waals surface area contributed by atoms with E-state index in [9.17, 15) is 14.4 Å². The molecule has 10 nitrogen and oxygen atoms in total. The van der Waals surface area contributed by atoms with Gasteiger partial charge in [0.2, 0.25) is 0 Å². The van der Waals surface area contributed by atoms with Crippen molar-refractivity contribution in [1.29, 1.82) is 0 Å². The summed E-state index contributed by atoms with van der Waals surface area (Å²) >= 11 is 0. The first-order valence-corrected chi connectivity index (χ1v) is 11.9. The topological polar surface area (TPSA) is 122 Å². The lowest BCUT2D eigenvalue weighted by Gasteiger charge is -2.31. The quantitative estimate of drug-likeness (QED) is 0.337. The van der Waals surface area contributed by atoms with Crippen molar-refractivity contribution < 1.29 is 28.6 Å². The summed E-state index contributed by atoms with van der Waals surface area (Å²) in [7, 11) is 2.58. The number of aromatic nitrogens is 3. The second-order valence-corrected chi connectivity index (χ2v) is 8.62. The summed E-state index contributed by atoms with van der Waals surface area (Å²) in [5.74, 6) is -1.63. The van der Waals surface area contributed by atoms with Gasteiger partial charge in [-0.05, 0) is 19.9 Å². The summed E-state index contributed by atoms with van der Waals surface area (Å²) in [6.07, 6.45) is 1.53. The summed E-state index contributed by atoms with van der Waals surface area (Å²) in [6, 6.07) is 16.0. The van der Waals surface area contributed by atoms with Crippen molar-refractivity contribution in [3.05, 3.63) is 100 Å². The number of carbonyl (C=O) groups excluding carboxylic acids is 3. The SMILES string of the molecule is COC(=O)C1=C(C)NC(C)=C(C(=O)OC)C1c1ccccc1OCc1cnnn1CC(=O)c1ccccc1. The van der Waals surface area contributed by atoms with E-state index >= 15 is 0 Å². The van der Waals surface area contributed by atoms with Crippen LogP contribution in [0.3, 0.4) is 0 Å². The molecule has 10 heteroatoms. The van der Waals surface area contributed by atoms with Gasteiger partial charge in [-0.15, -0.1) is 5.10 Å². The lowest BCUT2D eigenvalue weighted by molar-refractivity contribution is -0.137. The molecule has 0 fully saturated rings. The van der Waals surface area contributed by atoms with Crippen LogP contribution in [0.2, 0.25) is 0 Å². The molecule has 38 heavy (non-hydrogen) atoms. The molecule has 0 saturated carbocycles. The summed E-state index contributed by atoms with van der Waals surface area (Å²) in [4.78, 5) is 38.4. The van der Waals surface area contributed by atoms with Crippen molar-refractivity contribution in [2.45, 2.75) is 32.9 Å². The maximum Gasteiger partial charge on any atom is 0.336 e. The van der Waals surface area contributed by atoms with Crippen LogP contribution in [0.5, 0.6) is 5.75 Å². The van der Waals surface area contributed by atoms with Crippen molar-refractivity contribution in [2.24, 2.45) is 0 Å². The molecule has 1 N–H and O–H groups in total. The number of dihydropyridines is 1. The van der Waals surface area contributed by atoms with Gasteiger partial charge in [0.05, 0.1) is 43.2 Å². The van der Waals surface area contributed by atoms with Gasteiger partial charge in [0.25, 0.3) is 0 Å². The zero-order valence-corrected chi connectivity index (χ0v) is 21.6. The van der Waals surface area contributed by atoms with Crippen LogP contribution in [0.4, 0.5) is 0 Å². The predicted octanol–water partition coefficient (Wildman–Crippen LogP) is 3.32. The maximum absolute atomic E-state index is 12.9. The van der Waals surface area contributed by atoms with Gasteiger partial charge in [-0.3, -0.25) is 4.79 Å². The Morgan fingerprint density at radius 1 is 0.895 bits per heavy atom. The number of Topliss-reactive ketones (excluding diaryl/α,β-unsaturated/α-hetero) is 1. The van der Waals surface area contributed by atoms with Crippen LogP contribution in [0.25, 0.3) is 0 Å². The molecular formula is C28H28N4O6. The van der Waals surface area contributed by atoms with E-state index in [1.54, 1.807) is 62.4 Å². The van der Waals surface area contributed by atoms with E-state index in [0.717, 1.165) is 0 Å². The van der Waals surface area contributed by atoms with Crippen LogP contribution in [0.1, 0.15) is 41.4 Å². The molecule has 196 valence electrons. The lowest BCUT2D eigenvalue weighted by atomic mass is 9.80. The number of hydrogen-bond donors (Lipinski definition) is 1. The Morgan fingerprint density at radius 3 is 2.13 bits per heavy atom. The van der Waals surface area contributed by atoms with E-state index in [1.165, 1.54) is 25.1 Å². The molecule has 0 amide bonds. The van der Waals surface area contributed by atoms with Gasteiger partial charge >= 0.3 is 11.9 Å². The van der Waals surface area contributed by atoms with E-state index in [0.29, 0.717) is 34.0 Å². The van der Waals surface area contributed by atoms with Crippen molar-refractivity contribution >= 4 is 17.7 Å². The number of para-hydroxylation sites is 1. The number of carbonyl (C=O) groups is 3. The standard InChI is InChI=1S/C28H28N4O6/c1-17-24(27(34)36-3)26(25(18(2)30-17)28(35)37-4)21-12-8-9-13-23(21)38-16-20-14-29-31-32(20)15-22(33)19-10-6-5-7-11-19/h5-14,26,30H,15-16H2,1-4H3. The van der Waals surface area contributed by atoms with Crippen molar-refractivity contribution in [1.82, 2.24) is 20.3 Å². The molecule has 1 aromatic heterocycles. The number of rotatable bonds is 9. The fraction of sp³-hybridized carbons (Fsp3) is 0.250. The second-order valence-electron chi connectivity index (χ2n) is 8.62. The fourth-order valence-electron chi connectivity index (χ4n) is 4.44. The second kappa shape index (κ2) is 11.5. The Morgan fingerprint density at radius 2 is 1.50 bits per heavy atom. The molecule has 0 aliphatic carbocycles. The van der Waals surface area contributed by atoms with Gasteiger partial charge in [0.15, 0.2) is 5.78 Å². The van der Waals surface area contributed by atoms with Crippen LogP contribution < -0.4 is 10.1 Å². The van der Waals surface area contributed by atoms with E-state index in [-0.39, 0.29) is 30.1 Å². The largest absolute Gasteiger partial charge is 0.487 e. The zero-order valence-electron chi connectivity index (χ0n) is 21.6. The summed E-state index contributed by atoms with van der Waals surface area (Å²) in [5.41, 5.74) is 3.39. The Labute approximate surface area is 219 Å². The zero-order chi connectivity index (χ0) is 27.2. The average molecular weight is 517 g/mol. The van der Waals surface area contributed by atoms with E-state index in [4.69, 9.17) is 14.2 Å². The molecule has 3 aromatic rings. The Bertz CT molecular complexity index is 1390. The van der Waals surface area contributed by atoms with Crippen LogP contribution >= 0.6 is 0 Å². The molecule has 0 saturated heterocycles. The van der Waals surface area contributed by atoms with Crippen LogP contribution in [-0.2, 0) is 32.2 Å². The number of hydrogen-bond acceptors (Lipinski definition) is 9. The first-order chi connectivity index (χ1) is 18.3. The lowest BCUT2D eigenvalue weighted by Crippen LogP contribution is -2.32. The van der Waals surface area contributed by atoms with Gasteiger partial charge < -0.3 is 19.5 Å². The van der Waals surface area contributed by atoms with Crippen molar-refractivity contribution in [3.63, 3.8) is 0 Å². The van der Waals surface area contributed by atoms with E-state index < -0.39 is 17.9 Å². The fourth-order valence-corrected chi connectivity index (χ4v) is 4.44. The Kier molecular flexibility index (Phi) is 8.00. The molecule has 0 bridgehead atoms. The minimum Gasteiger partial charge on any atom is -0.487 e. The van der Waals surface area contributed by atoms with Gasteiger partial charge in [0.1, 0.15) is 18.9 Å². The van der Waals surface area contributed by atoms with Crippen LogP contribution in [0, 0.1) is 0 Å². The first kappa shape index (κ1) is 26.3. The summed E-state index contributed by atoms with van der Waals surface area (Å²) in [6.45, 7) is 3.54. The highest BCUT2D eigenvalue weighted by Crippen LogP contribution is 2.42. The number of esters is 2. The predicted molar refractivity (Wildman–Crippen MR) is 137 cm³/mol. The van der Waals surface area contributed by atoms with Crippen molar-refractivity contribution in [3.8, 4) is 5.75 Å². The number of nitrogens with zero attached hydrogens (tertiary/aromatic N) is 3. The minimum atomic E-state index is -0.796. The third-order valence-electron chi connectivity index (χ3n) is 6.26. The molecule has 2 aromatic carbocycles. The third kappa shape index (κ3) is 5.34. The maximum atomic E-state index is 12.9. The molecular weight excluding hydrogens is 488 g/mol. The normalized spacial score (nSPS) is 13.7. The number of allylic oxidation sites excluding steroid dienone is 2. The smallest absolute Gasteiger partial charge is 0.336 e. The van der Waals surface area contributed by atoms with E-state index in [2.05, 4.69) is 15.6 Å². The van der Waals surface area contributed by atoms with Crippen LogP contribution in [0.15, 0.2) is 83.3 Å². The number of benzene rings is 2. The van der Waals surface area contributed by atoms with E-state index in [1.807, 2.05) is 6.07 Å². The van der Waals surface area contributed by atoms with Gasteiger partial charge in [0, 0.05) is 22.5 Å². The highest BCUT2D eigenvalue weighted by molar-refractivity contribution is 6.00. The van der Waals surface area contributed by atoms with Gasteiger partial charge in [-0.1, -0.05) is 53.7 Å². The summed E-state index contributed by atoms with van der Waals surface area (Å²) in [5, 5.41) is 11.1. The number of ether oxygens (including phenoxy) is 3.